The molecular formula is C17H22N4O2. The summed E-state index contributed by atoms with van der Waals surface area (Å²) in [5, 5.41) is 14.6. The summed E-state index contributed by atoms with van der Waals surface area (Å²) in [6.45, 7) is 4.27. The number of aromatic nitrogens is 2. The summed E-state index contributed by atoms with van der Waals surface area (Å²) >= 11 is 0. The highest BCUT2D eigenvalue weighted by Gasteiger charge is 2.41. The van der Waals surface area contributed by atoms with Crippen molar-refractivity contribution in [2.45, 2.75) is 52.0 Å². The average Bonchev–Trinajstić information content (AvgIpc) is 2.86. The predicted molar refractivity (Wildman–Crippen MR) is 86.9 cm³/mol. The quantitative estimate of drug-likeness (QED) is 0.774. The second kappa shape index (κ2) is 5.22. The van der Waals surface area contributed by atoms with E-state index in [2.05, 4.69) is 46.9 Å². The van der Waals surface area contributed by atoms with Crippen molar-refractivity contribution in [2.75, 3.05) is 10.6 Å². The molecule has 1 aliphatic heterocycles. The van der Waals surface area contributed by atoms with Crippen molar-refractivity contribution in [1.29, 1.82) is 0 Å². The van der Waals surface area contributed by atoms with E-state index in [1.165, 1.54) is 0 Å². The van der Waals surface area contributed by atoms with Crippen molar-refractivity contribution >= 4 is 17.4 Å². The smallest absolute Gasteiger partial charge is 0.219 e. The maximum absolute atomic E-state index is 12.9. The molecule has 0 radical (unpaired) electrons. The van der Waals surface area contributed by atoms with Gasteiger partial charge in [-0.15, -0.1) is 0 Å². The van der Waals surface area contributed by atoms with Crippen molar-refractivity contribution in [3.63, 3.8) is 0 Å². The fourth-order valence-corrected chi connectivity index (χ4v) is 4.01. The highest BCUT2D eigenvalue weighted by Crippen LogP contribution is 2.43. The Bertz CT molecular complexity index is 701. The van der Waals surface area contributed by atoms with Crippen molar-refractivity contribution in [2.24, 2.45) is 11.3 Å². The van der Waals surface area contributed by atoms with Gasteiger partial charge in [-0.25, -0.2) is 4.63 Å². The van der Waals surface area contributed by atoms with Gasteiger partial charge in [-0.3, -0.25) is 4.79 Å². The van der Waals surface area contributed by atoms with Crippen molar-refractivity contribution in [1.82, 2.24) is 10.3 Å². The zero-order chi connectivity index (χ0) is 16.0. The summed E-state index contributed by atoms with van der Waals surface area (Å²) in [7, 11) is 0. The van der Waals surface area contributed by atoms with Crippen LogP contribution in [0, 0.1) is 11.3 Å². The van der Waals surface area contributed by atoms with E-state index in [1.807, 2.05) is 0 Å². The molecule has 0 amide bonds. The number of ketones is 1. The summed E-state index contributed by atoms with van der Waals surface area (Å²) in [4.78, 5) is 12.9. The van der Waals surface area contributed by atoms with Crippen molar-refractivity contribution in [3.8, 4) is 0 Å². The Hall–Kier alpha value is -2.11. The molecule has 0 saturated carbocycles. The number of hydrogen-bond donors (Lipinski definition) is 2. The molecule has 6 nitrogen and oxygen atoms in total. The third-order valence-corrected chi connectivity index (χ3v) is 5.06. The molecule has 0 spiro atoms. The molecule has 2 N–H and O–H groups in total. The second-order valence-corrected chi connectivity index (χ2v) is 7.59. The van der Waals surface area contributed by atoms with Gasteiger partial charge in [0.15, 0.2) is 5.78 Å². The third-order valence-electron chi connectivity index (χ3n) is 5.06. The topological polar surface area (TPSA) is 80.1 Å². The number of allylic oxidation sites excluding steroid dienone is 3. The standard InChI is InChI=1S/C17H22N4O2/c1-17(2)8-11-13(12(22)9-17)14(10-6-4-3-5-7-10)19-16-15(18-11)20-23-21-16/h3-4,10,14H,5-9H2,1-2H3,(H,18,20)(H,19,21)/t10-,14+/m0/s1. The van der Waals surface area contributed by atoms with Crippen LogP contribution in [0.25, 0.3) is 0 Å². The number of fused-ring (bicyclic) bond motifs is 1. The molecule has 2 heterocycles. The first-order valence-electron chi connectivity index (χ1n) is 8.31. The Balaban J connectivity index is 1.79. The van der Waals surface area contributed by atoms with Gasteiger partial charge >= 0.3 is 0 Å². The van der Waals surface area contributed by atoms with Gasteiger partial charge in [-0.05, 0) is 47.3 Å². The van der Waals surface area contributed by atoms with Gasteiger partial charge in [0, 0.05) is 17.7 Å². The van der Waals surface area contributed by atoms with Gasteiger partial charge in [0.25, 0.3) is 0 Å². The van der Waals surface area contributed by atoms with Gasteiger partial charge in [0.1, 0.15) is 0 Å². The Morgan fingerprint density at radius 2 is 2.04 bits per heavy atom. The van der Waals surface area contributed by atoms with Crippen molar-refractivity contribution < 1.29 is 9.42 Å². The monoisotopic (exact) mass is 314 g/mol. The van der Waals surface area contributed by atoms with Crippen LogP contribution in [0.15, 0.2) is 28.1 Å². The molecule has 2 atom stereocenters. The SMILES string of the molecule is CC1(C)CC(=O)C2=C(C1)Nc1nonc1N[C@@H]2[C@H]1CC=CCC1. The van der Waals surface area contributed by atoms with Crippen LogP contribution in [0.2, 0.25) is 0 Å². The van der Waals surface area contributed by atoms with Gasteiger partial charge in [0.2, 0.25) is 11.6 Å². The minimum Gasteiger partial charge on any atom is -0.357 e. The summed E-state index contributed by atoms with van der Waals surface area (Å²) in [6.07, 6.45) is 8.96. The number of carbonyl (C=O) groups is 1. The van der Waals surface area contributed by atoms with Crippen LogP contribution in [0.4, 0.5) is 11.6 Å². The molecule has 3 aliphatic rings. The highest BCUT2D eigenvalue weighted by atomic mass is 16.6. The zero-order valence-corrected chi connectivity index (χ0v) is 13.6. The summed E-state index contributed by atoms with van der Waals surface area (Å²) in [5.74, 6) is 1.80. The maximum Gasteiger partial charge on any atom is 0.219 e. The van der Waals surface area contributed by atoms with Crippen LogP contribution in [0.1, 0.15) is 46.0 Å². The zero-order valence-electron chi connectivity index (χ0n) is 13.6. The molecule has 0 aromatic carbocycles. The fourth-order valence-electron chi connectivity index (χ4n) is 4.01. The van der Waals surface area contributed by atoms with Crippen LogP contribution in [-0.2, 0) is 4.79 Å². The molecule has 2 aliphatic carbocycles. The Kier molecular flexibility index (Phi) is 3.28. The molecule has 1 aromatic heterocycles. The largest absolute Gasteiger partial charge is 0.357 e. The Labute approximate surface area is 135 Å². The summed E-state index contributed by atoms with van der Waals surface area (Å²) in [5.41, 5.74) is 1.83. The normalized spacial score (nSPS) is 29.2. The highest BCUT2D eigenvalue weighted by molar-refractivity contribution is 6.00. The van der Waals surface area contributed by atoms with Crippen LogP contribution in [0.5, 0.6) is 0 Å². The molecule has 0 saturated heterocycles. The van der Waals surface area contributed by atoms with Crippen LogP contribution in [0.3, 0.4) is 0 Å². The molecule has 6 heteroatoms. The van der Waals surface area contributed by atoms with Crippen LogP contribution >= 0.6 is 0 Å². The predicted octanol–water partition coefficient (Wildman–Crippen LogP) is 3.28. The van der Waals surface area contributed by atoms with E-state index in [9.17, 15) is 4.79 Å². The lowest BCUT2D eigenvalue weighted by Crippen LogP contribution is -2.39. The van der Waals surface area contributed by atoms with Gasteiger partial charge in [0.05, 0.1) is 6.04 Å². The first-order valence-corrected chi connectivity index (χ1v) is 8.31. The minimum absolute atomic E-state index is 0.0285. The number of hydrogen-bond acceptors (Lipinski definition) is 6. The van der Waals surface area contributed by atoms with Gasteiger partial charge in [-0.2, -0.15) is 0 Å². The van der Waals surface area contributed by atoms with Gasteiger partial charge in [-0.1, -0.05) is 26.0 Å². The summed E-state index contributed by atoms with van der Waals surface area (Å²) < 4.78 is 4.87. The lowest BCUT2D eigenvalue weighted by molar-refractivity contribution is -0.118. The molecule has 23 heavy (non-hydrogen) atoms. The molecule has 0 unspecified atom stereocenters. The van der Waals surface area contributed by atoms with E-state index < -0.39 is 0 Å². The number of anilines is 2. The summed E-state index contributed by atoms with van der Waals surface area (Å²) in [6, 6.07) is -0.0285. The van der Waals surface area contributed by atoms with Crippen LogP contribution < -0.4 is 10.6 Å². The number of nitrogens with zero attached hydrogens (tertiary/aromatic N) is 2. The lowest BCUT2D eigenvalue weighted by Gasteiger charge is -2.36. The lowest BCUT2D eigenvalue weighted by atomic mass is 9.71. The molecule has 1 aromatic rings. The van der Waals surface area contributed by atoms with Crippen molar-refractivity contribution in [3.05, 3.63) is 23.4 Å². The van der Waals surface area contributed by atoms with E-state index in [4.69, 9.17) is 4.63 Å². The molecule has 4 rings (SSSR count). The van der Waals surface area contributed by atoms with E-state index >= 15 is 0 Å². The minimum atomic E-state index is -0.0401. The first-order chi connectivity index (χ1) is 11.0. The van der Waals surface area contributed by atoms with E-state index in [-0.39, 0.29) is 17.2 Å². The van der Waals surface area contributed by atoms with E-state index in [0.717, 1.165) is 37.0 Å². The first kappa shape index (κ1) is 14.5. The molecule has 0 bridgehead atoms. The third kappa shape index (κ3) is 2.56. The van der Waals surface area contributed by atoms with E-state index in [0.29, 0.717) is 24.0 Å². The number of rotatable bonds is 1. The van der Waals surface area contributed by atoms with Gasteiger partial charge < -0.3 is 10.6 Å². The Morgan fingerprint density at radius 3 is 2.83 bits per heavy atom. The average molecular weight is 314 g/mol. The van der Waals surface area contributed by atoms with E-state index in [1.54, 1.807) is 0 Å². The van der Waals surface area contributed by atoms with Crippen LogP contribution in [-0.4, -0.2) is 22.1 Å². The Morgan fingerprint density at radius 1 is 1.22 bits per heavy atom. The maximum atomic E-state index is 12.9. The number of nitrogens with one attached hydrogen (secondary N) is 2. The fraction of sp³-hybridized carbons (Fsp3) is 0.588. The molecule has 122 valence electrons. The number of Topliss-reactive ketones (excluding diaryl/α,β-unsaturated/α-hetero) is 1. The second-order valence-electron chi connectivity index (χ2n) is 7.59. The molecular weight excluding hydrogens is 292 g/mol. The number of carbonyl (C=O) groups excluding carboxylic acids is 1. The molecule has 0 fully saturated rings.